The van der Waals surface area contributed by atoms with Gasteiger partial charge in [-0.05, 0) is 48.9 Å². The minimum absolute atomic E-state index is 0.0648. The summed E-state index contributed by atoms with van der Waals surface area (Å²) in [6, 6.07) is 8.03. The zero-order valence-electron chi connectivity index (χ0n) is 10.5. The quantitative estimate of drug-likeness (QED) is 0.855. The first kappa shape index (κ1) is 14.6. The number of hydrogen-bond donors (Lipinski definition) is 2. The monoisotopic (exact) mass is 314 g/mol. The molecule has 0 aromatic heterocycles. The van der Waals surface area contributed by atoms with Crippen LogP contribution in [-0.2, 0) is 10.0 Å². The zero-order valence-corrected chi connectivity index (χ0v) is 12.1. The lowest BCUT2D eigenvalue weighted by atomic mass is 10.2. The normalized spacial score (nSPS) is 11.3. The third-order valence-electron chi connectivity index (χ3n) is 2.56. The van der Waals surface area contributed by atoms with E-state index < -0.39 is 15.8 Å². The van der Waals surface area contributed by atoms with Gasteiger partial charge in [0.1, 0.15) is 10.7 Å². The van der Waals surface area contributed by atoms with E-state index in [2.05, 4.69) is 4.72 Å². The van der Waals surface area contributed by atoms with Gasteiger partial charge in [0, 0.05) is 5.02 Å². The molecule has 2 aromatic rings. The summed E-state index contributed by atoms with van der Waals surface area (Å²) in [5, 5.41) is 0.245. The second-order valence-electron chi connectivity index (χ2n) is 4.30. The molecule has 0 heterocycles. The molecule has 0 aliphatic carbocycles. The van der Waals surface area contributed by atoms with E-state index in [4.69, 9.17) is 17.3 Å². The number of aryl methyl sites for hydroxylation is 1. The molecule has 0 atom stereocenters. The van der Waals surface area contributed by atoms with E-state index in [0.29, 0.717) is 5.56 Å². The van der Waals surface area contributed by atoms with Crippen molar-refractivity contribution in [2.75, 3.05) is 10.5 Å². The van der Waals surface area contributed by atoms with E-state index >= 15 is 0 Å². The average molecular weight is 315 g/mol. The van der Waals surface area contributed by atoms with Gasteiger partial charge in [0.25, 0.3) is 10.0 Å². The van der Waals surface area contributed by atoms with Gasteiger partial charge < -0.3 is 5.73 Å². The van der Waals surface area contributed by atoms with Crippen LogP contribution in [0.15, 0.2) is 41.3 Å². The molecular formula is C13H12ClFN2O2S. The number of anilines is 2. The summed E-state index contributed by atoms with van der Waals surface area (Å²) in [5.74, 6) is -0.526. The van der Waals surface area contributed by atoms with Crippen molar-refractivity contribution in [1.82, 2.24) is 0 Å². The predicted octanol–water partition coefficient (Wildman–Crippen LogP) is 3.17. The largest absolute Gasteiger partial charge is 0.398 e. The van der Waals surface area contributed by atoms with Crippen LogP contribution in [0.2, 0.25) is 5.02 Å². The Morgan fingerprint density at radius 1 is 1.20 bits per heavy atom. The van der Waals surface area contributed by atoms with Crippen LogP contribution in [0.25, 0.3) is 0 Å². The van der Waals surface area contributed by atoms with E-state index in [1.54, 1.807) is 6.92 Å². The van der Waals surface area contributed by atoms with Crippen LogP contribution in [0.3, 0.4) is 0 Å². The fourth-order valence-corrected chi connectivity index (χ4v) is 3.18. The summed E-state index contributed by atoms with van der Waals surface area (Å²) < 4.78 is 40.0. The second kappa shape index (κ2) is 5.30. The van der Waals surface area contributed by atoms with Gasteiger partial charge in [-0.3, -0.25) is 4.72 Å². The first-order chi connectivity index (χ1) is 9.28. The van der Waals surface area contributed by atoms with Crippen molar-refractivity contribution in [3.05, 3.63) is 52.8 Å². The van der Waals surface area contributed by atoms with Crippen LogP contribution >= 0.6 is 11.6 Å². The number of halogens is 2. The molecular weight excluding hydrogens is 303 g/mol. The molecule has 0 amide bonds. The van der Waals surface area contributed by atoms with Crippen LogP contribution in [0, 0.1) is 12.7 Å². The van der Waals surface area contributed by atoms with Gasteiger partial charge in [-0.1, -0.05) is 11.6 Å². The second-order valence-corrected chi connectivity index (χ2v) is 6.39. The third-order valence-corrected chi connectivity index (χ3v) is 4.23. The van der Waals surface area contributed by atoms with Crippen molar-refractivity contribution in [2.24, 2.45) is 0 Å². The highest BCUT2D eigenvalue weighted by Crippen LogP contribution is 2.25. The molecule has 0 aliphatic heterocycles. The van der Waals surface area contributed by atoms with Crippen molar-refractivity contribution >= 4 is 33.0 Å². The third kappa shape index (κ3) is 3.20. The molecule has 0 aliphatic rings. The topological polar surface area (TPSA) is 72.2 Å². The molecule has 106 valence electrons. The molecule has 4 nitrogen and oxygen atoms in total. The lowest BCUT2D eigenvalue weighted by molar-refractivity contribution is 0.601. The highest BCUT2D eigenvalue weighted by atomic mass is 35.5. The number of nitrogens with two attached hydrogens (primary N) is 1. The number of nitrogens with one attached hydrogen (secondary N) is 1. The summed E-state index contributed by atoms with van der Waals surface area (Å²) in [4.78, 5) is -0.146. The first-order valence-electron chi connectivity index (χ1n) is 5.63. The fraction of sp³-hybridized carbons (Fsp3) is 0.0769. The summed E-state index contributed by atoms with van der Waals surface area (Å²) >= 11 is 5.77. The zero-order chi connectivity index (χ0) is 14.9. The Morgan fingerprint density at radius 3 is 2.55 bits per heavy atom. The Bertz CT molecular complexity index is 743. The maximum Gasteiger partial charge on any atom is 0.263 e. The number of sulfonamides is 1. The molecule has 0 fully saturated rings. The van der Waals surface area contributed by atoms with E-state index in [-0.39, 0.29) is 21.3 Å². The Kier molecular flexibility index (Phi) is 3.87. The van der Waals surface area contributed by atoms with E-state index in [9.17, 15) is 12.8 Å². The average Bonchev–Trinajstić information content (AvgIpc) is 2.30. The highest BCUT2D eigenvalue weighted by molar-refractivity contribution is 7.92. The molecule has 2 rings (SSSR count). The van der Waals surface area contributed by atoms with E-state index in [1.807, 2.05) is 0 Å². The van der Waals surface area contributed by atoms with Crippen LogP contribution < -0.4 is 10.5 Å². The summed E-state index contributed by atoms with van der Waals surface area (Å²) in [5.41, 5.74) is 6.43. The van der Waals surface area contributed by atoms with Gasteiger partial charge in [0.05, 0.1) is 11.4 Å². The molecule has 0 saturated heterocycles. The summed E-state index contributed by atoms with van der Waals surface area (Å²) in [6.45, 7) is 1.66. The minimum Gasteiger partial charge on any atom is -0.398 e. The molecule has 0 unspecified atom stereocenters. The molecule has 0 radical (unpaired) electrons. The molecule has 0 spiro atoms. The van der Waals surface area contributed by atoms with E-state index in [1.165, 1.54) is 30.3 Å². The number of benzene rings is 2. The number of nitrogen functional groups attached to an aromatic ring is 1. The smallest absolute Gasteiger partial charge is 0.263 e. The van der Waals surface area contributed by atoms with Crippen molar-refractivity contribution in [3.8, 4) is 0 Å². The number of hydrogen-bond acceptors (Lipinski definition) is 3. The van der Waals surface area contributed by atoms with Crippen LogP contribution in [0.1, 0.15) is 5.56 Å². The predicted molar refractivity (Wildman–Crippen MR) is 77.8 cm³/mol. The van der Waals surface area contributed by atoms with Gasteiger partial charge in [-0.25, -0.2) is 12.8 Å². The van der Waals surface area contributed by atoms with Gasteiger partial charge in [-0.2, -0.15) is 0 Å². The fourth-order valence-electron chi connectivity index (χ4n) is 1.75. The van der Waals surface area contributed by atoms with Crippen LogP contribution in [0.4, 0.5) is 15.8 Å². The molecule has 0 bridgehead atoms. The van der Waals surface area contributed by atoms with Crippen molar-refractivity contribution in [3.63, 3.8) is 0 Å². The van der Waals surface area contributed by atoms with Gasteiger partial charge >= 0.3 is 0 Å². The van der Waals surface area contributed by atoms with Crippen molar-refractivity contribution in [2.45, 2.75) is 11.8 Å². The highest BCUT2D eigenvalue weighted by Gasteiger charge is 2.18. The van der Waals surface area contributed by atoms with Crippen molar-refractivity contribution < 1.29 is 12.8 Å². The Hall–Kier alpha value is -1.79. The molecule has 3 N–H and O–H groups in total. The Morgan fingerprint density at radius 2 is 1.90 bits per heavy atom. The first-order valence-corrected chi connectivity index (χ1v) is 7.49. The van der Waals surface area contributed by atoms with Gasteiger partial charge in [-0.15, -0.1) is 0 Å². The Labute approximate surface area is 121 Å². The van der Waals surface area contributed by atoms with Gasteiger partial charge in [0.15, 0.2) is 0 Å². The summed E-state index contributed by atoms with van der Waals surface area (Å²) in [7, 11) is -3.93. The lowest BCUT2D eigenvalue weighted by Crippen LogP contribution is -2.15. The van der Waals surface area contributed by atoms with Crippen molar-refractivity contribution in [1.29, 1.82) is 0 Å². The van der Waals surface area contributed by atoms with E-state index in [0.717, 1.165) is 6.07 Å². The van der Waals surface area contributed by atoms with Gasteiger partial charge in [0.2, 0.25) is 0 Å². The molecule has 0 saturated carbocycles. The lowest BCUT2D eigenvalue weighted by Gasteiger charge is -2.11. The van der Waals surface area contributed by atoms with Crippen LogP contribution in [0.5, 0.6) is 0 Å². The minimum atomic E-state index is -3.93. The Balaban J connectivity index is 2.43. The summed E-state index contributed by atoms with van der Waals surface area (Å²) in [6.07, 6.45) is 0. The van der Waals surface area contributed by atoms with Crippen LogP contribution in [-0.4, -0.2) is 8.42 Å². The standard InChI is InChI=1S/C13H12ClFN2O2S/c1-8-4-10(15)7-11(5-8)17-20(18,19)13-6-9(14)2-3-12(13)16/h2-7,17H,16H2,1H3. The molecule has 2 aromatic carbocycles. The maximum atomic E-state index is 13.3. The molecule has 7 heteroatoms. The maximum absolute atomic E-state index is 13.3. The molecule has 20 heavy (non-hydrogen) atoms. The number of rotatable bonds is 3. The SMILES string of the molecule is Cc1cc(F)cc(NS(=O)(=O)c2cc(Cl)ccc2N)c1.